The van der Waals surface area contributed by atoms with Crippen molar-refractivity contribution in [1.29, 1.82) is 0 Å². The van der Waals surface area contributed by atoms with Crippen molar-refractivity contribution < 1.29 is 43.0 Å². The van der Waals surface area contributed by atoms with Crippen molar-refractivity contribution in [2.24, 2.45) is 0 Å². The van der Waals surface area contributed by atoms with Gasteiger partial charge in [-0.3, -0.25) is 4.18 Å². The molecule has 0 radical (unpaired) electrons. The van der Waals surface area contributed by atoms with Crippen LogP contribution in [0.25, 0.3) is 0 Å². The number of hydrogen-bond acceptors (Lipinski definition) is 10. The van der Waals surface area contributed by atoms with Crippen molar-refractivity contribution in [3.8, 4) is 0 Å². The summed E-state index contributed by atoms with van der Waals surface area (Å²) in [6.45, 7) is 3.78. The lowest BCUT2D eigenvalue weighted by Gasteiger charge is -2.32. The predicted molar refractivity (Wildman–Crippen MR) is 149 cm³/mol. The molecule has 0 saturated heterocycles. The van der Waals surface area contributed by atoms with Crippen molar-refractivity contribution in [1.82, 2.24) is 0 Å². The highest BCUT2D eigenvalue weighted by Crippen LogP contribution is 2.31. The van der Waals surface area contributed by atoms with Gasteiger partial charge in [-0.2, -0.15) is 8.42 Å². The average molecular weight is 625 g/mol. The molecule has 0 heterocycles. The van der Waals surface area contributed by atoms with Gasteiger partial charge in [0, 0.05) is 18.8 Å². The summed E-state index contributed by atoms with van der Waals surface area (Å²) in [4.78, 5) is 0.476. The lowest BCUT2D eigenvalue weighted by Crippen LogP contribution is -2.41. The van der Waals surface area contributed by atoms with Crippen LogP contribution in [0, 0.1) is 13.8 Å². The first kappa shape index (κ1) is 33.4. The van der Waals surface area contributed by atoms with Crippen LogP contribution in [0.3, 0.4) is 0 Å². The number of aliphatic hydroxyl groups is 1. The van der Waals surface area contributed by atoms with E-state index in [0.29, 0.717) is 17.7 Å². The summed E-state index contributed by atoms with van der Waals surface area (Å²) in [5.41, 5.74) is 2.03. The number of hydrogen-bond donors (Lipinski definition) is 1. The molecule has 2 saturated carbocycles. The molecule has 39 heavy (non-hydrogen) atoms. The van der Waals surface area contributed by atoms with Crippen LogP contribution in [0.15, 0.2) is 58.3 Å². The monoisotopic (exact) mass is 624 g/mol. The molecule has 0 atom stereocenters. The zero-order valence-corrected chi connectivity index (χ0v) is 25.8. The Hall–Kier alpha value is -1.84. The Labute approximate surface area is 232 Å². The number of sulfone groups is 3. The lowest BCUT2D eigenvalue weighted by molar-refractivity contribution is 0.0979. The molecule has 2 aromatic carbocycles. The fraction of sp³-hybridized carbons (Fsp3) is 0.520. The Kier molecular flexibility index (Phi) is 10.9. The second-order valence-electron chi connectivity index (χ2n) is 10.1. The quantitative estimate of drug-likeness (QED) is 0.471. The van der Waals surface area contributed by atoms with Crippen LogP contribution in [-0.4, -0.2) is 80.3 Å². The third kappa shape index (κ3) is 10.6. The largest absolute Gasteiger partial charge is 0.393 e. The first-order valence-electron chi connectivity index (χ1n) is 12.0. The highest BCUT2D eigenvalue weighted by atomic mass is 32.2. The van der Waals surface area contributed by atoms with Gasteiger partial charge >= 0.3 is 0 Å². The Bertz CT molecular complexity index is 1530. The third-order valence-corrected chi connectivity index (χ3v) is 12.0. The topological polar surface area (TPSA) is 166 Å². The van der Waals surface area contributed by atoms with Crippen LogP contribution in [0.5, 0.6) is 0 Å². The Balaban J connectivity index is 0.000000226. The maximum absolute atomic E-state index is 11.9. The van der Waals surface area contributed by atoms with E-state index in [2.05, 4.69) is 0 Å². The van der Waals surface area contributed by atoms with Crippen molar-refractivity contribution in [2.75, 3.05) is 18.8 Å². The molecule has 2 aromatic rings. The molecule has 2 aliphatic rings. The summed E-state index contributed by atoms with van der Waals surface area (Å²) in [7, 11) is -12.8. The van der Waals surface area contributed by atoms with Crippen LogP contribution >= 0.6 is 0 Å². The number of rotatable bonds is 6. The molecule has 0 bridgehead atoms. The third-order valence-electron chi connectivity index (χ3n) is 6.35. The maximum atomic E-state index is 11.9. The molecule has 10 nitrogen and oxygen atoms in total. The van der Waals surface area contributed by atoms with Gasteiger partial charge in [-0.25, -0.2) is 25.3 Å². The van der Waals surface area contributed by atoms with Gasteiger partial charge in [-0.05, 0) is 63.8 Å². The van der Waals surface area contributed by atoms with E-state index in [1.807, 2.05) is 13.8 Å². The fourth-order valence-corrected chi connectivity index (χ4v) is 7.56. The molecule has 2 fully saturated rings. The normalized spacial score (nSPS) is 23.1. The van der Waals surface area contributed by atoms with Gasteiger partial charge in [0.25, 0.3) is 10.1 Å². The lowest BCUT2D eigenvalue weighted by atomic mass is 9.96. The van der Waals surface area contributed by atoms with E-state index < -0.39 is 51.0 Å². The molecule has 14 heteroatoms. The number of aryl methyl sites for hydroxylation is 2. The Morgan fingerprint density at radius 3 is 1.28 bits per heavy atom. The van der Waals surface area contributed by atoms with E-state index in [1.165, 1.54) is 24.6 Å². The van der Waals surface area contributed by atoms with E-state index in [4.69, 9.17) is 9.29 Å². The van der Waals surface area contributed by atoms with Gasteiger partial charge in [0.2, 0.25) is 0 Å². The summed E-state index contributed by atoms with van der Waals surface area (Å²) >= 11 is 0. The molecule has 4 rings (SSSR count). The van der Waals surface area contributed by atoms with Crippen LogP contribution in [-0.2, 0) is 43.8 Å². The van der Waals surface area contributed by atoms with Crippen molar-refractivity contribution in [3.05, 3.63) is 59.7 Å². The summed E-state index contributed by atoms with van der Waals surface area (Å²) in [6, 6.07) is 13.2. The van der Waals surface area contributed by atoms with E-state index in [9.17, 15) is 33.7 Å². The maximum Gasteiger partial charge on any atom is 0.297 e. The molecule has 220 valence electrons. The second kappa shape index (κ2) is 12.8. The SMILES string of the molecule is CS(=O)(=O)C1CC(O)C1.Cc1ccc(S(=O)(=O)OC2CC(S(C)(=O)=O)C2)cc1.Cc1ccc(S(C)(=O)=O)cc1. The zero-order valence-electron chi connectivity index (χ0n) is 22.5. The fourth-order valence-electron chi connectivity index (χ4n) is 3.56. The molecule has 0 spiro atoms. The van der Waals surface area contributed by atoms with Gasteiger partial charge in [0.15, 0.2) is 29.5 Å². The second-order valence-corrected chi connectivity index (χ2v) is 18.3. The van der Waals surface area contributed by atoms with E-state index in [0.717, 1.165) is 17.4 Å². The van der Waals surface area contributed by atoms with Gasteiger partial charge in [0.05, 0.1) is 32.5 Å². The van der Waals surface area contributed by atoms with Gasteiger partial charge in [-0.1, -0.05) is 35.4 Å². The highest BCUT2D eigenvalue weighted by molar-refractivity contribution is 7.91. The van der Waals surface area contributed by atoms with Crippen LogP contribution in [0.1, 0.15) is 36.8 Å². The first-order chi connectivity index (χ1) is 17.7. The van der Waals surface area contributed by atoms with Gasteiger partial charge in [0.1, 0.15) is 0 Å². The molecular weight excluding hydrogens is 589 g/mol. The average Bonchev–Trinajstić information content (AvgIpc) is 2.73. The molecule has 0 aromatic heterocycles. The predicted octanol–water partition coefficient (Wildman–Crippen LogP) is 2.23. The van der Waals surface area contributed by atoms with Crippen molar-refractivity contribution in [3.63, 3.8) is 0 Å². The van der Waals surface area contributed by atoms with Gasteiger partial charge < -0.3 is 5.11 Å². The van der Waals surface area contributed by atoms with Crippen LogP contribution < -0.4 is 0 Å². The Morgan fingerprint density at radius 1 is 0.615 bits per heavy atom. The van der Waals surface area contributed by atoms with E-state index in [1.54, 1.807) is 36.4 Å². The van der Waals surface area contributed by atoms with Crippen molar-refractivity contribution in [2.45, 2.75) is 72.0 Å². The molecule has 0 aliphatic heterocycles. The van der Waals surface area contributed by atoms with Gasteiger partial charge in [-0.15, -0.1) is 0 Å². The molecular formula is C25H36O10S4. The summed E-state index contributed by atoms with van der Waals surface area (Å²) in [5, 5.41) is 7.97. The smallest absolute Gasteiger partial charge is 0.297 e. The summed E-state index contributed by atoms with van der Waals surface area (Å²) in [6.07, 6.45) is 4.01. The van der Waals surface area contributed by atoms with E-state index in [-0.39, 0.29) is 29.1 Å². The zero-order chi connectivity index (χ0) is 29.8. The standard InChI is InChI=1S/C12H16O5S2.C8H10O2S.C5H10O3S/c1-9-3-5-11(6-4-9)19(15,16)17-10-7-12(8-10)18(2,13)14;1-7-3-5-8(6-4-7)11(2,9)10;1-9(7,8)5-2-4(6)3-5/h3-6,10,12H,7-8H2,1-2H3;3-6H,1-2H3;4-6H,2-3H2,1H3. The molecule has 2 aliphatic carbocycles. The summed E-state index contributed by atoms with van der Waals surface area (Å²) in [5.74, 6) is 0. The minimum atomic E-state index is -3.80. The van der Waals surface area contributed by atoms with E-state index >= 15 is 0 Å². The van der Waals surface area contributed by atoms with Crippen molar-refractivity contribution >= 4 is 39.6 Å². The minimum absolute atomic E-state index is 0.0981. The highest BCUT2D eigenvalue weighted by Gasteiger charge is 2.39. The summed E-state index contributed by atoms with van der Waals surface area (Å²) < 4.78 is 94.5. The molecule has 1 N–H and O–H groups in total. The number of aliphatic hydroxyl groups excluding tert-OH is 1. The first-order valence-corrected chi connectivity index (χ1v) is 19.2. The number of benzene rings is 2. The van der Waals surface area contributed by atoms with Crippen LogP contribution in [0.2, 0.25) is 0 Å². The Morgan fingerprint density at radius 2 is 0.974 bits per heavy atom. The molecule has 0 unspecified atom stereocenters. The van der Waals surface area contributed by atoms with Crippen LogP contribution in [0.4, 0.5) is 0 Å². The minimum Gasteiger partial charge on any atom is -0.393 e. The molecule has 0 amide bonds.